The van der Waals surface area contributed by atoms with E-state index in [0.29, 0.717) is 23.7 Å². The van der Waals surface area contributed by atoms with Crippen LogP contribution in [0.5, 0.6) is 11.5 Å². The van der Waals surface area contributed by atoms with Gasteiger partial charge in [0.05, 0.1) is 20.1 Å². The fourth-order valence-corrected chi connectivity index (χ4v) is 3.03. The van der Waals surface area contributed by atoms with Crippen LogP contribution in [0.15, 0.2) is 60.7 Å². The van der Waals surface area contributed by atoms with Gasteiger partial charge in [-0.15, -0.1) is 0 Å². The Balaban J connectivity index is 1.56. The van der Waals surface area contributed by atoms with E-state index >= 15 is 0 Å². The van der Waals surface area contributed by atoms with Crippen LogP contribution in [0, 0.1) is 0 Å². The summed E-state index contributed by atoms with van der Waals surface area (Å²) in [5.74, 6) is 0.328. The number of ether oxygens (including phenoxy) is 2. The number of nitrogens with one attached hydrogen (secondary N) is 2. The smallest absolute Gasteiger partial charge is 0.269 e. The van der Waals surface area contributed by atoms with E-state index in [0.717, 1.165) is 29.2 Å². The first-order valence-corrected chi connectivity index (χ1v) is 9.98. The quantitative estimate of drug-likeness (QED) is 0.437. The summed E-state index contributed by atoms with van der Waals surface area (Å²) in [6, 6.07) is 18.7. The van der Waals surface area contributed by atoms with E-state index in [2.05, 4.69) is 17.8 Å². The van der Waals surface area contributed by atoms with Gasteiger partial charge in [-0.3, -0.25) is 20.4 Å². The van der Waals surface area contributed by atoms with Crippen molar-refractivity contribution in [1.82, 2.24) is 10.9 Å². The molecule has 30 heavy (non-hydrogen) atoms. The number of hydrogen-bond donors (Lipinski definition) is 2. The first-order chi connectivity index (χ1) is 14.6. The first-order valence-electron chi connectivity index (χ1n) is 9.98. The number of carbonyl (C=O) groups excluding carboxylic acids is 2. The zero-order valence-electron chi connectivity index (χ0n) is 17.2. The molecule has 0 radical (unpaired) electrons. The molecule has 2 amide bonds. The number of unbranched alkanes of at least 4 members (excludes halogenated alkanes) is 1. The molecule has 0 atom stereocenters. The van der Waals surface area contributed by atoms with Crippen LogP contribution in [-0.2, 0) is 11.2 Å². The van der Waals surface area contributed by atoms with Crippen molar-refractivity contribution in [2.45, 2.75) is 26.2 Å². The van der Waals surface area contributed by atoms with Crippen LogP contribution in [0.3, 0.4) is 0 Å². The lowest BCUT2D eigenvalue weighted by atomic mass is 10.1. The Kier molecular flexibility index (Phi) is 7.27. The van der Waals surface area contributed by atoms with Crippen molar-refractivity contribution in [3.63, 3.8) is 0 Å². The molecular weight excluding hydrogens is 380 g/mol. The molecule has 0 spiro atoms. The monoisotopic (exact) mass is 406 g/mol. The second-order valence-corrected chi connectivity index (χ2v) is 6.93. The highest BCUT2D eigenvalue weighted by molar-refractivity contribution is 5.96. The SMILES string of the molecule is CCCCOc1ccc(C(=O)NNC(=O)Cc2ccc3ccccc3c2)cc1OC. The molecule has 0 fully saturated rings. The van der Waals surface area contributed by atoms with Gasteiger partial charge in [0.2, 0.25) is 5.91 Å². The lowest BCUT2D eigenvalue weighted by molar-refractivity contribution is -0.121. The van der Waals surface area contributed by atoms with Crippen molar-refractivity contribution >= 4 is 22.6 Å². The van der Waals surface area contributed by atoms with Crippen molar-refractivity contribution in [3.05, 3.63) is 71.8 Å². The fourth-order valence-electron chi connectivity index (χ4n) is 3.03. The molecule has 3 aromatic rings. The predicted octanol–water partition coefficient (Wildman–Crippen LogP) is 4.03. The second-order valence-electron chi connectivity index (χ2n) is 6.93. The molecule has 0 saturated carbocycles. The molecule has 6 nitrogen and oxygen atoms in total. The number of benzene rings is 3. The minimum Gasteiger partial charge on any atom is -0.493 e. The van der Waals surface area contributed by atoms with Gasteiger partial charge in [0.1, 0.15) is 0 Å². The minimum atomic E-state index is -0.430. The lowest BCUT2D eigenvalue weighted by Crippen LogP contribution is -2.42. The van der Waals surface area contributed by atoms with Gasteiger partial charge in [-0.05, 0) is 41.0 Å². The Labute approximate surface area is 176 Å². The van der Waals surface area contributed by atoms with Gasteiger partial charge < -0.3 is 9.47 Å². The summed E-state index contributed by atoms with van der Waals surface area (Å²) < 4.78 is 11.0. The van der Waals surface area contributed by atoms with Crippen LogP contribution >= 0.6 is 0 Å². The largest absolute Gasteiger partial charge is 0.493 e. The molecule has 0 heterocycles. The van der Waals surface area contributed by atoms with Crippen LogP contribution in [0.1, 0.15) is 35.7 Å². The zero-order valence-corrected chi connectivity index (χ0v) is 17.2. The maximum absolute atomic E-state index is 12.4. The average molecular weight is 406 g/mol. The number of fused-ring (bicyclic) bond motifs is 1. The zero-order chi connectivity index (χ0) is 21.3. The van der Waals surface area contributed by atoms with Crippen molar-refractivity contribution < 1.29 is 19.1 Å². The van der Waals surface area contributed by atoms with Crippen LogP contribution in [-0.4, -0.2) is 25.5 Å². The Bertz CT molecular complexity index is 1030. The highest BCUT2D eigenvalue weighted by Crippen LogP contribution is 2.28. The summed E-state index contributed by atoms with van der Waals surface area (Å²) in [6.45, 7) is 2.67. The molecule has 0 aromatic heterocycles. The summed E-state index contributed by atoms with van der Waals surface area (Å²) in [5, 5.41) is 2.19. The topological polar surface area (TPSA) is 76.7 Å². The van der Waals surface area contributed by atoms with Gasteiger partial charge in [0.25, 0.3) is 5.91 Å². The van der Waals surface area contributed by atoms with Gasteiger partial charge >= 0.3 is 0 Å². The van der Waals surface area contributed by atoms with E-state index in [4.69, 9.17) is 9.47 Å². The number of carbonyl (C=O) groups is 2. The summed E-state index contributed by atoms with van der Waals surface area (Å²) in [7, 11) is 1.52. The van der Waals surface area contributed by atoms with E-state index in [1.54, 1.807) is 18.2 Å². The Hall–Kier alpha value is -3.54. The van der Waals surface area contributed by atoms with Crippen LogP contribution < -0.4 is 20.3 Å². The summed E-state index contributed by atoms with van der Waals surface area (Å²) in [6.07, 6.45) is 2.13. The van der Waals surface area contributed by atoms with Crippen LogP contribution in [0.2, 0.25) is 0 Å². The maximum Gasteiger partial charge on any atom is 0.269 e. The molecule has 156 valence electrons. The maximum atomic E-state index is 12.4. The second kappa shape index (κ2) is 10.3. The Morgan fingerprint density at radius 1 is 0.900 bits per heavy atom. The fraction of sp³-hybridized carbons (Fsp3) is 0.250. The minimum absolute atomic E-state index is 0.165. The first kappa shape index (κ1) is 21.2. The van der Waals surface area contributed by atoms with Gasteiger partial charge in [-0.25, -0.2) is 0 Å². The molecule has 0 saturated heterocycles. The summed E-state index contributed by atoms with van der Waals surface area (Å²) in [5.41, 5.74) is 6.14. The number of methoxy groups -OCH3 is 1. The van der Waals surface area contributed by atoms with Gasteiger partial charge in [0.15, 0.2) is 11.5 Å². The molecular formula is C24H26N2O4. The molecule has 0 aliphatic heterocycles. The van der Waals surface area contributed by atoms with Crippen molar-refractivity contribution in [2.24, 2.45) is 0 Å². The Morgan fingerprint density at radius 2 is 1.70 bits per heavy atom. The molecule has 0 aliphatic carbocycles. The van der Waals surface area contributed by atoms with Gasteiger partial charge in [-0.1, -0.05) is 55.8 Å². The molecule has 0 unspecified atom stereocenters. The summed E-state index contributed by atoms with van der Waals surface area (Å²) in [4.78, 5) is 24.6. The van der Waals surface area contributed by atoms with Crippen molar-refractivity contribution in [2.75, 3.05) is 13.7 Å². The van der Waals surface area contributed by atoms with Crippen LogP contribution in [0.25, 0.3) is 10.8 Å². The van der Waals surface area contributed by atoms with Crippen molar-refractivity contribution in [3.8, 4) is 11.5 Å². The van der Waals surface area contributed by atoms with Crippen LogP contribution in [0.4, 0.5) is 0 Å². The highest BCUT2D eigenvalue weighted by Gasteiger charge is 2.12. The predicted molar refractivity (Wildman–Crippen MR) is 117 cm³/mol. The third kappa shape index (κ3) is 5.50. The normalized spacial score (nSPS) is 10.5. The summed E-state index contributed by atoms with van der Waals surface area (Å²) >= 11 is 0. The molecule has 3 rings (SSSR count). The molecule has 3 aromatic carbocycles. The third-order valence-electron chi connectivity index (χ3n) is 4.68. The number of amides is 2. The number of hydrogen-bond acceptors (Lipinski definition) is 4. The van der Waals surface area contributed by atoms with Gasteiger partial charge in [-0.2, -0.15) is 0 Å². The Morgan fingerprint density at radius 3 is 2.47 bits per heavy atom. The molecule has 0 bridgehead atoms. The highest BCUT2D eigenvalue weighted by atomic mass is 16.5. The van der Waals surface area contributed by atoms with Crippen molar-refractivity contribution in [1.29, 1.82) is 0 Å². The van der Waals surface area contributed by atoms with E-state index in [1.807, 2.05) is 42.5 Å². The molecule has 6 heteroatoms. The van der Waals surface area contributed by atoms with E-state index < -0.39 is 5.91 Å². The molecule has 0 aliphatic rings. The standard InChI is InChI=1S/C24H26N2O4/c1-3-4-13-30-21-12-11-20(16-22(21)29-2)24(28)26-25-23(27)15-17-9-10-18-7-5-6-8-19(18)14-17/h5-12,14,16H,3-4,13,15H2,1-2H3,(H,25,27)(H,26,28). The number of hydrazine groups is 1. The van der Waals surface area contributed by atoms with E-state index in [1.165, 1.54) is 7.11 Å². The van der Waals surface area contributed by atoms with E-state index in [-0.39, 0.29) is 12.3 Å². The number of rotatable bonds is 8. The van der Waals surface area contributed by atoms with Gasteiger partial charge in [0, 0.05) is 5.56 Å². The molecule has 2 N–H and O–H groups in total. The third-order valence-corrected chi connectivity index (χ3v) is 4.68. The lowest BCUT2D eigenvalue weighted by Gasteiger charge is -2.12. The van der Waals surface area contributed by atoms with E-state index in [9.17, 15) is 9.59 Å². The average Bonchev–Trinajstić information content (AvgIpc) is 2.77.